The van der Waals surface area contributed by atoms with Crippen LogP contribution in [-0.2, 0) is 9.59 Å². The summed E-state index contributed by atoms with van der Waals surface area (Å²) in [6.07, 6.45) is 0. The lowest BCUT2D eigenvalue weighted by atomic mass is 10.0. The Balaban J connectivity index is 2.61. The number of nitrogens with zero attached hydrogens (tertiary/aromatic N) is 1. The van der Waals surface area contributed by atoms with Crippen LogP contribution in [0.5, 0.6) is 0 Å². The van der Waals surface area contributed by atoms with Crippen molar-refractivity contribution in [2.75, 3.05) is 18.9 Å². The van der Waals surface area contributed by atoms with Crippen molar-refractivity contribution in [3.8, 4) is 0 Å². The second-order valence-corrected chi connectivity index (χ2v) is 5.21. The molecule has 5 nitrogen and oxygen atoms in total. The Bertz CT molecular complexity index is 471. The lowest BCUT2D eigenvalue weighted by Crippen LogP contribution is -2.50. The highest BCUT2D eigenvalue weighted by atomic mass is 35.5. The van der Waals surface area contributed by atoms with Crippen LogP contribution in [-0.4, -0.2) is 41.0 Å². The molecule has 0 aliphatic rings. The fourth-order valence-corrected chi connectivity index (χ4v) is 1.44. The predicted octanol–water partition coefficient (Wildman–Crippen LogP) is 2.07. The Hall–Kier alpha value is -1.59. The number of benzene rings is 1. The van der Waals surface area contributed by atoms with E-state index >= 15 is 0 Å². The van der Waals surface area contributed by atoms with Gasteiger partial charge >= 0.3 is 5.97 Å². The first-order valence-corrected chi connectivity index (χ1v) is 6.11. The number of halogens is 1. The molecular formula is C13H17ClN2O3. The van der Waals surface area contributed by atoms with Crippen molar-refractivity contribution in [1.82, 2.24) is 4.90 Å². The van der Waals surface area contributed by atoms with Gasteiger partial charge in [0.25, 0.3) is 0 Å². The molecule has 0 atom stereocenters. The fraction of sp³-hybridized carbons (Fsp3) is 0.385. The van der Waals surface area contributed by atoms with Crippen LogP contribution in [0, 0.1) is 0 Å². The van der Waals surface area contributed by atoms with Crippen molar-refractivity contribution in [2.24, 2.45) is 0 Å². The lowest BCUT2D eigenvalue weighted by molar-refractivity contribution is -0.148. The molecule has 2 N–H and O–H groups in total. The molecular weight excluding hydrogens is 268 g/mol. The van der Waals surface area contributed by atoms with Gasteiger partial charge in [-0.25, -0.2) is 0 Å². The molecule has 0 aliphatic heterocycles. The quantitative estimate of drug-likeness (QED) is 0.868. The van der Waals surface area contributed by atoms with Crippen molar-refractivity contribution in [3.05, 3.63) is 29.3 Å². The van der Waals surface area contributed by atoms with E-state index in [1.165, 1.54) is 4.90 Å². The van der Waals surface area contributed by atoms with E-state index in [1.807, 2.05) is 0 Å². The third-order valence-electron chi connectivity index (χ3n) is 2.99. The number of nitrogens with one attached hydrogen (secondary N) is 1. The number of aliphatic carboxylic acids is 1. The highest BCUT2D eigenvalue weighted by molar-refractivity contribution is 6.30. The summed E-state index contributed by atoms with van der Waals surface area (Å²) < 4.78 is 0. The van der Waals surface area contributed by atoms with Gasteiger partial charge in [-0.15, -0.1) is 0 Å². The summed E-state index contributed by atoms with van der Waals surface area (Å²) in [6, 6.07) is 6.70. The summed E-state index contributed by atoms with van der Waals surface area (Å²) in [6.45, 7) is 3.08. The maximum atomic E-state index is 11.8. The molecule has 19 heavy (non-hydrogen) atoms. The summed E-state index contributed by atoms with van der Waals surface area (Å²) in [5.41, 5.74) is -0.479. The van der Waals surface area contributed by atoms with Gasteiger partial charge in [-0.1, -0.05) is 11.6 Å². The zero-order valence-corrected chi connectivity index (χ0v) is 11.9. The van der Waals surface area contributed by atoms with Crippen LogP contribution in [0.2, 0.25) is 5.02 Å². The Kier molecular flexibility index (Phi) is 4.91. The molecule has 0 unspecified atom stereocenters. The van der Waals surface area contributed by atoms with E-state index in [9.17, 15) is 9.59 Å². The standard InChI is InChI=1S/C13H17ClN2O3/c1-13(2,12(18)19)16(3)8-11(17)15-10-6-4-9(14)5-7-10/h4-7H,8H2,1-3H3,(H,15,17)(H,18,19). The van der Waals surface area contributed by atoms with Crippen LogP contribution in [0.25, 0.3) is 0 Å². The van der Waals surface area contributed by atoms with Crippen LogP contribution in [0.4, 0.5) is 5.69 Å². The topological polar surface area (TPSA) is 69.6 Å². The molecule has 1 amide bonds. The second-order valence-electron chi connectivity index (χ2n) is 4.78. The van der Waals surface area contributed by atoms with E-state index in [0.29, 0.717) is 10.7 Å². The molecule has 0 saturated carbocycles. The minimum Gasteiger partial charge on any atom is -0.480 e. The van der Waals surface area contributed by atoms with E-state index in [2.05, 4.69) is 5.32 Å². The van der Waals surface area contributed by atoms with Crippen LogP contribution in [0.1, 0.15) is 13.8 Å². The number of carboxylic acids is 1. The number of hydrogen-bond donors (Lipinski definition) is 2. The lowest BCUT2D eigenvalue weighted by Gasteiger charge is -2.30. The molecule has 0 aromatic heterocycles. The number of carbonyl (C=O) groups excluding carboxylic acids is 1. The first-order valence-electron chi connectivity index (χ1n) is 5.73. The normalized spacial score (nSPS) is 11.4. The monoisotopic (exact) mass is 284 g/mol. The molecule has 0 fully saturated rings. The van der Waals surface area contributed by atoms with E-state index in [1.54, 1.807) is 45.2 Å². The largest absolute Gasteiger partial charge is 0.480 e. The summed E-state index contributed by atoms with van der Waals surface area (Å²) in [4.78, 5) is 24.3. The molecule has 1 aromatic rings. The fourth-order valence-electron chi connectivity index (χ4n) is 1.31. The van der Waals surface area contributed by atoms with Crippen molar-refractivity contribution >= 4 is 29.2 Å². The number of rotatable bonds is 5. The molecule has 1 rings (SSSR count). The smallest absolute Gasteiger partial charge is 0.323 e. The maximum Gasteiger partial charge on any atom is 0.323 e. The van der Waals surface area contributed by atoms with E-state index in [0.717, 1.165) is 0 Å². The third kappa shape index (κ3) is 4.22. The average Bonchev–Trinajstić information content (AvgIpc) is 2.31. The van der Waals surface area contributed by atoms with Crippen LogP contribution in [0.15, 0.2) is 24.3 Å². The molecule has 0 spiro atoms. The zero-order valence-electron chi connectivity index (χ0n) is 11.1. The second kappa shape index (κ2) is 6.04. The first-order chi connectivity index (χ1) is 8.73. The van der Waals surface area contributed by atoms with E-state index in [4.69, 9.17) is 16.7 Å². The van der Waals surface area contributed by atoms with Crippen molar-refractivity contribution in [1.29, 1.82) is 0 Å². The average molecular weight is 285 g/mol. The molecule has 0 radical (unpaired) electrons. The third-order valence-corrected chi connectivity index (χ3v) is 3.24. The molecule has 104 valence electrons. The summed E-state index contributed by atoms with van der Waals surface area (Å²) in [7, 11) is 1.59. The predicted molar refractivity (Wildman–Crippen MR) is 74.4 cm³/mol. The Morgan fingerprint density at radius 2 is 1.84 bits per heavy atom. The highest BCUT2D eigenvalue weighted by Crippen LogP contribution is 2.15. The number of amides is 1. The molecule has 6 heteroatoms. The Labute approximate surface area is 117 Å². The Morgan fingerprint density at radius 1 is 1.32 bits per heavy atom. The van der Waals surface area contributed by atoms with Gasteiger partial charge in [0, 0.05) is 10.7 Å². The van der Waals surface area contributed by atoms with Crippen LogP contribution >= 0.6 is 11.6 Å². The van der Waals surface area contributed by atoms with Crippen molar-refractivity contribution < 1.29 is 14.7 Å². The molecule has 0 bridgehead atoms. The summed E-state index contributed by atoms with van der Waals surface area (Å²) in [5.74, 6) is -1.26. The zero-order chi connectivity index (χ0) is 14.6. The van der Waals surface area contributed by atoms with E-state index in [-0.39, 0.29) is 12.5 Å². The van der Waals surface area contributed by atoms with Crippen LogP contribution < -0.4 is 5.32 Å². The number of likely N-dealkylation sites (N-methyl/N-ethyl adjacent to an activating group) is 1. The van der Waals surface area contributed by atoms with Gasteiger partial charge in [0.15, 0.2) is 0 Å². The van der Waals surface area contributed by atoms with Crippen molar-refractivity contribution in [2.45, 2.75) is 19.4 Å². The minimum atomic E-state index is -1.10. The van der Waals surface area contributed by atoms with E-state index < -0.39 is 11.5 Å². The van der Waals surface area contributed by atoms with Crippen molar-refractivity contribution in [3.63, 3.8) is 0 Å². The van der Waals surface area contributed by atoms with Gasteiger partial charge in [-0.2, -0.15) is 0 Å². The van der Waals surface area contributed by atoms with Gasteiger partial charge in [0.2, 0.25) is 5.91 Å². The Morgan fingerprint density at radius 3 is 2.32 bits per heavy atom. The molecule has 0 saturated heterocycles. The highest BCUT2D eigenvalue weighted by Gasteiger charge is 2.32. The number of anilines is 1. The maximum absolute atomic E-state index is 11.8. The van der Waals surface area contributed by atoms with Gasteiger partial charge in [-0.05, 0) is 45.2 Å². The summed E-state index contributed by atoms with van der Waals surface area (Å²) in [5, 5.41) is 12.3. The number of carbonyl (C=O) groups is 2. The number of carboxylic acid groups (broad SMARTS) is 1. The van der Waals surface area contributed by atoms with Crippen LogP contribution in [0.3, 0.4) is 0 Å². The van der Waals surface area contributed by atoms with Gasteiger partial charge in [0.1, 0.15) is 5.54 Å². The SMILES string of the molecule is CN(CC(=O)Nc1ccc(Cl)cc1)C(C)(C)C(=O)O. The summed E-state index contributed by atoms with van der Waals surface area (Å²) >= 11 is 5.74. The molecule has 1 aromatic carbocycles. The van der Waals surface area contributed by atoms with Gasteiger partial charge in [0.05, 0.1) is 6.54 Å². The van der Waals surface area contributed by atoms with Gasteiger partial charge < -0.3 is 10.4 Å². The minimum absolute atomic E-state index is 0.0120. The molecule has 0 heterocycles. The first kappa shape index (κ1) is 15.5. The number of hydrogen-bond acceptors (Lipinski definition) is 3. The molecule has 0 aliphatic carbocycles. The van der Waals surface area contributed by atoms with Gasteiger partial charge in [-0.3, -0.25) is 14.5 Å².